The summed E-state index contributed by atoms with van der Waals surface area (Å²) in [6.45, 7) is 0. The van der Waals surface area contributed by atoms with Gasteiger partial charge in [-0.15, -0.1) is 0 Å². The molecule has 3 aliphatic rings. The van der Waals surface area contributed by atoms with Crippen molar-refractivity contribution in [3.63, 3.8) is 0 Å². The molecule has 0 radical (unpaired) electrons. The highest BCUT2D eigenvalue weighted by Gasteiger charge is 2.46. The Kier molecular flexibility index (Phi) is 7.82. The smallest absolute Gasteiger partial charge is 0.346 e. The average Bonchev–Trinajstić information content (AvgIpc) is 3.76. The third-order valence-corrected chi connectivity index (χ3v) is 10.1. The summed E-state index contributed by atoms with van der Waals surface area (Å²) in [5.41, 5.74) is 6.86. The van der Waals surface area contributed by atoms with E-state index >= 15 is 0 Å². The van der Waals surface area contributed by atoms with Crippen molar-refractivity contribution in [1.29, 1.82) is 0 Å². The highest BCUT2D eigenvalue weighted by molar-refractivity contribution is 6.15. The SMILES string of the molecule is O=C(Cc1ccc2c(c1)C(=O)OC2=O)Oc1ccc(C2(c3ccc(OC(=O)Cc4ccc5c(c4)C(=O)OC5=O)cc3)c3ccccc3-c3ccccc32)cc1. The van der Waals surface area contributed by atoms with Crippen LogP contribution in [-0.4, -0.2) is 35.8 Å². The fourth-order valence-corrected chi connectivity index (χ4v) is 7.72. The van der Waals surface area contributed by atoms with Gasteiger partial charge in [0.2, 0.25) is 0 Å². The fraction of sp³-hybridized carbons (Fsp3) is 0.0667. The maximum Gasteiger partial charge on any atom is 0.346 e. The second-order valence-corrected chi connectivity index (χ2v) is 13.3. The molecule has 10 nitrogen and oxygen atoms in total. The van der Waals surface area contributed by atoms with Crippen molar-refractivity contribution >= 4 is 35.8 Å². The summed E-state index contributed by atoms with van der Waals surface area (Å²) in [5.74, 6) is -3.34. The summed E-state index contributed by atoms with van der Waals surface area (Å²) in [6, 6.07) is 40.0. The van der Waals surface area contributed by atoms with Gasteiger partial charge in [-0.3, -0.25) is 9.59 Å². The number of benzene rings is 6. The maximum absolute atomic E-state index is 13.0. The molecule has 55 heavy (non-hydrogen) atoms. The summed E-state index contributed by atoms with van der Waals surface area (Å²) in [5, 5.41) is 0. The number of fused-ring (bicyclic) bond motifs is 5. The highest BCUT2D eigenvalue weighted by atomic mass is 16.6. The summed E-state index contributed by atoms with van der Waals surface area (Å²) >= 11 is 0. The van der Waals surface area contributed by atoms with Crippen LogP contribution in [0.15, 0.2) is 133 Å². The number of rotatable bonds is 8. The molecule has 0 saturated carbocycles. The lowest BCUT2D eigenvalue weighted by molar-refractivity contribution is -0.134. The van der Waals surface area contributed by atoms with Gasteiger partial charge in [-0.25, -0.2) is 19.2 Å². The number of carbonyl (C=O) groups excluding carboxylic acids is 6. The molecule has 0 aromatic heterocycles. The summed E-state index contributed by atoms with van der Waals surface area (Å²) in [6.07, 6.45) is -0.248. The van der Waals surface area contributed by atoms with Crippen LogP contribution in [0, 0.1) is 0 Å². The second-order valence-electron chi connectivity index (χ2n) is 13.3. The van der Waals surface area contributed by atoms with E-state index in [-0.39, 0.29) is 35.1 Å². The standard InChI is InChI=1S/C45H26O10/c46-39(23-25-9-19-33-35(21-25)43(50)54-41(33)48)52-29-15-11-27(12-16-29)45(37-7-3-1-5-31(37)32-6-2-4-8-38(32)45)28-13-17-30(18-14-28)53-40(47)24-26-10-20-34-36(22-26)44(51)55-42(34)49/h1-22H,23-24H2. The van der Waals surface area contributed by atoms with Gasteiger partial charge in [-0.1, -0.05) is 84.9 Å². The van der Waals surface area contributed by atoms with E-state index in [4.69, 9.17) is 9.47 Å². The van der Waals surface area contributed by atoms with Crippen LogP contribution in [0.2, 0.25) is 0 Å². The maximum atomic E-state index is 13.0. The van der Waals surface area contributed by atoms with Crippen LogP contribution < -0.4 is 9.47 Å². The molecular formula is C45H26O10. The Morgan fingerprint density at radius 1 is 0.436 bits per heavy atom. The predicted octanol–water partition coefficient (Wildman–Crippen LogP) is 6.97. The van der Waals surface area contributed by atoms with E-state index in [0.29, 0.717) is 22.6 Å². The van der Waals surface area contributed by atoms with Crippen molar-refractivity contribution in [2.45, 2.75) is 18.3 Å². The highest BCUT2D eigenvalue weighted by Crippen LogP contribution is 2.56. The minimum absolute atomic E-state index is 0.123. The number of hydrogen-bond donors (Lipinski definition) is 0. The van der Waals surface area contributed by atoms with Crippen LogP contribution in [0.5, 0.6) is 11.5 Å². The zero-order valence-electron chi connectivity index (χ0n) is 28.7. The van der Waals surface area contributed by atoms with Crippen LogP contribution in [0.25, 0.3) is 11.1 Å². The number of hydrogen-bond acceptors (Lipinski definition) is 10. The van der Waals surface area contributed by atoms with Gasteiger partial charge in [-0.2, -0.15) is 0 Å². The van der Waals surface area contributed by atoms with Gasteiger partial charge in [0.05, 0.1) is 40.5 Å². The zero-order chi connectivity index (χ0) is 37.8. The molecule has 0 fully saturated rings. The number of esters is 6. The molecule has 0 bridgehead atoms. The van der Waals surface area contributed by atoms with Gasteiger partial charge in [0.1, 0.15) is 11.5 Å². The average molecular weight is 727 g/mol. The lowest BCUT2D eigenvalue weighted by atomic mass is 9.68. The largest absolute Gasteiger partial charge is 0.426 e. The number of ether oxygens (including phenoxy) is 4. The predicted molar refractivity (Wildman–Crippen MR) is 195 cm³/mol. The normalized spacial score (nSPS) is 14.3. The minimum atomic E-state index is -0.787. The molecule has 10 heteroatoms. The first-order valence-electron chi connectivity index (χ1n) is 17.3. The number of carbonyl (C=O) groups is 6. The quantitative estimate of drug-likeness (QED) is 0.0917. The van der Waals surface area contributed by atoms with Crippen molar-refractivity contribution in [2.75, 3.05) is 0 Å². The van der Waals surface area contributed by atoms with Gasteiger partial charge in [0.15, 0.2) is 0 Å². The van der Waals surface area contributed by atoms with Crippen molar-refractivity contribution in [2.24, 2.45) is 0 Å². The van der Waals surface area contributed by atoms with Crippen LogP contribution in [0.1, 0.15) is 74.8 Å². The Hall–Kier alpha value is -7.46. The van der Waals surface area contributed by atoms with Gasteiger partial charge in [-0.05, 0) is 93.0 Å². The van der Waals surface area contributed by atoms with Crippen LogP contribution >= 0.6 is 0 Å². The molecule has 1 aliphatic carbocycles. The summed E-state index contributed by atoms with van der Waals surface area (Å²) in [4.78, 5) is 73.6. The Bertz CT molecular complexity index is 2470. The first kappa shape index (κ1) is 33.4. The molecule has 266 valence electrons. The first-order valence-corrected chi connectivity index (χ1v) is 17.3. The van der Waals surface area contributed by atoms with E-state index in [0.717, 1.165) is 33.4 Å². The molecule has 0 unspecified atom stereocenters. The van der Waals surface area contributed by atoms with Crippen molar-refractivity contribution in [3.8, 4) is 22.6 Å². The van der Waals surface area contributed by atoms with E-state index in [1.807, 2.05) is 48.5 Å². The second kappa shape index (κ2) is 12.9. The molecule has 0 spiro atoms. The molecule has 6 aromatic rings. The summed E-state index contributed by atoms with van der Waals surface area (Å²) < 4.78 is 20.7. The molecule has 0 saturated heterocycles. The Labute approximate surface area is 312 Å². The number of cyclic esters (lactones) is 4. The molecule has 2 aliphatic heterocycles. The Balaban J connectivity index is 0.995. The molecule has 2 heterocycles. The van der Waals surface area contributed by atoms with Gasteiger partial charge in [0, 0.05) is 0 Å². The molecule has 0 atom stereocenters. The fourth-order valence-electron chi connectivity index (χ4n) is 7.72. The van der Waals surface area contributed by atoms with Crippen LogP contribution in [-0.2, 0) is 37.3 Å². The van der Waals surface area contributed by atoms with E-state index in [1.54, 1.807) is 36.4 Å². The topological polar surface area (TPSA) is 139 Å². The molecular weight excluding hydrogens is 700 g/mol. The van der Waals surface area contributed by atoms with Gasteiger partial charge >= 0.3 is 35.8 Å². The zero-order valence-corrected chi connectivity index (χ0v) is 28.7. The Morgan fingerprint density at radius 2 is 0.818 bits per heavy atom. The van der Waals surface area contributed by atoms with E-state index in [1.165, 1.54) is 24.3 Å². The molecule has 0 amide bonds. The Morgan fingerprint density at radius 3 is 1.24 bits per heavy atom. The molecule has 0 N–H and O–H groups in total. The van der Waals surface area contributed by atoms with Crippen molar-refractivity contribution < 1.29 is 47.7 Å². The monoisotopic (exact) mass is 726 g/mol. The van der Waals surface area contributed by atoms with Crippen LogP contribution in [0.4, 0.5) is 0 Å². The lowest BCUT2D eigenvalue weighted by Crippen LogP contribution is -2.28. The van der Waals surface area contributed by atoms with Gasteiger partial charge in [0.25, 0.3) is 0 Å². The molecule has 6 aromatic carbocycles. The third-order valence-electron chi connectivity index (χ3n) is 10.1. The van der Waals surface area contributed by atoms with E-state index < -0.39 is 41.2 Å². The van der Waals surface area contributed by atoms with E-state index in [2.05, 4.69) is 33.7 Å². The summed E-state index contributed by atoms with van der Waals surface area (Å²) in [7, 11) is 0. The lowest BCUT2D eigenvalue weighted by Gasteiger charge is -2.34. The molecule has 9 rings (SSSR count). The van der Waals surface area contributed by atoms with Crippen molar-refractivity contribution in [3.05, 3.63) is 189 Å². The van der Waals surface area contributed by atoms with Gasteiger partial charge < -0.3 is 18.9 Å². The van der Waals surface area contributed by atoms with Crippen LogP contribution in [0.3, 0.4) is 0 Å². The minimum Gasteiger partial charge on any atom is -0.426 e. The first-order chi connectivity index (χ1) is 26.7. The van der Waals surface area contributed by atoms with E-state index in [9.17, 15) is 28.8 Å². The third kappa shape index (κ3) is 5.59. The van der Waals surface area contributed by atoms with Crippen molar-refractivity contribution in [1.82, 2.24) is 0 Å².